The van der Waals surface area contributed by atoms with Crippen molar-refractivity contribution in [3.8, 4) is 0 Å². The number of amides is 1. The molecule has 0 aromatic heterocycles. The van der Waals surface area contributed by atoms with Crippen molar-refractivity contribution in [1.82, 2.24) is 13.9 Å². The molecule has 17 heavy (non-hydrogen) atoms. The molecule has 7 heteroatoms. The van der Waals surface area contributed by atoms with Gasteiger partial charge in [0.25, 0.3) is 10.2 Å². The molecule has 0 aromatic rings. The second-order valence-electron chi connectivity index (χ2n) is 4.19. The van der Waals surface area contributed by atoms with Gasteiger partial charge in [-0.25, -0.2) is 0 Å². The summed E-state index contributed by atoms with van der Waals surface area (Å²) in [5, 5.41) is 2.77. The Labute approximate surface area is 103 Å². The largest absolute Gasteiger partial charge is 0.352 e. The third-order valence-corrected chi connectivity index (χ3v) is 4.82. The molecule has 0 heterocycles. The second kappa shape index (κ2) is 5.79. The maximum atomic E-state index is 12.0. The number of likely N-dealkylation sites (N-methyl/N-ethyl adjacent to an activating group) is 1. The molecule has 0 spiro atoms. The van der Waals surface area contributed by atoms with E-state index in [0.29, 0.717) is 13.1 Å². The Balaban J connectivity index is 2.54. The molecule has 0 saturated heterocycles. The first kappa shape index (κ1) is 14.4. The first-order chi connectivity index (χ1) is 7.91. The predicted molar refractivity (Wildman–Crippen MR) is 65.6 cm³/mol. The minimum Gasteiger partial charge on any atom is -0.352 e. The number of carbonyl (C=O) groups is 1. The molecule has 0 aliphatic heterocycles. The van der Waals surface area contributed by atoms with Gasteiger partial charge in [-0.1, -0.05) is 13.8 Å². The lowest BCUT2D eigenvalue weighted by molar-refractivity contribution is -0.121. The van der Waals surface area contributed by atoms with Crippen molar-refractivity contribution in [2.24, 2.45) is 0 Å². The Bertz CT molecular complexity index is 361. The van der Waals surface area contributed by atoms with Gasteiger partial charge in [-0.2, -0.15) is 17.0 Å². The fourth-order valence-corrected chi connectivity index (χ4v) is 2.86. The number of hydrogen-bond donors (Lipinski definition) is 1. The lowest BCUT2D eigenvalue weighted by atomic mass is 10.5. The molecule has 1 amide bonds. The van der Waals surface area contributed by atoms with Crippen LogP contribution in [0.5, 0.6) is 0 Å². The van der Waals surface area contributed by atoms with Crippen LogP contribution in [0.1, 0.15) is 26.7 Å². The van der Waals surface area contributed by atoms with Gasteiger partial charge < -0.3 is 5.32 Å². The smallest absolute Gasteiger partial charge is 0.282 e. The molecule has 1 aliphatic rings. The fourth-order valence-electron chi connectivity index (χ4n) is 1.53. The van der Waals surface area contributed by atoms with Gasteiger partial charge in [-0.05, 0) is 12.8 Å². The zero-order chi connectivity index (χ0) is 13.1. The predicted octanol–water partition coefficient (Wildman–Crippen LogP) is -0.217. The summed E-state index contributed by atoms with van der Waals surface area (Å²) in [5.74, 6) is -0.231. The van der Waals surface area contributed by atoms with Crippen molar-refractivity contribution in [1.29, 1.82) is 0 Å². The normalized spacial score (nSPS) is 16.5. The average molecular weight is 263 g/mol. The van der Waals surface area contributed by atoms with Crippen LogP contribution in [0.3, 0.4) is 0 Å². The van der Waals surface area contributed by atoms with Gasteiger partial charge in [0.2, 0.25) is 5.91 Å². The van der Waals surface area contributed by atoms with Crippen LogP contribution in [0.25, 0.3) is 0 Å². The summed E-state index contributed by atoms with van der Waals surface area (Å²) in [6, 6.07) is 0.257. The minimum absolute atomic E-state index is 0.116. The summed E-state index contributed by atoms with van der Waals surface area (Å²) < 4.78 is 26.4. The van der Waals surface area contributed by atoms with Crippen molar-refractivity contribution in [2.75, 3.05) is 26.7 Å². The monoisotopic (exact) mass is 263 g/mol. The van der Waals surface area contributed by atoms with Gasteiger partial charge in [0.15, 0.2) is 0 Å². The van der Waals surface area contributed by atoms with Crippen LogP contribution >= 0.6 is 0 Å². The van der Waals surface area contributed by atoms with E-state index in [4.69, 9.17) is 0 Å². The molecule has 1 N–H and O–H groups in total. The molecule has 1 fully saturated rings. The highest BCUT2D eigenvalue weighted by atomic mass is 32.2. The van der Waals surface area contributed by atoms with Crippen LogP contribution in [0.4, 0.5) is 0 Å². The number of nitrogens with one attached hydrogen (secondary N) is 1. The van der Waals surface area contributed by atoms with E-state index >= 15 is 0 Å². The minimum atomic E-state index is -3.51. The van der Waals surface area contributed by atoms with Crippen LogP contribution < -0.4 is 5.32 Å². The molecule has 1 rings (SSSR count). The maximum Gasteiger partial charge on any atom is 0.282 e. The Kier molecular flexibility index (Phi) is 4.91. The van der Waals surface area contributed by atoms with Gasteiger partial charge in [0.05, 0.1) is 6.54 Å². The third kappa shape index (κ3) is 3.93. The van der Waals surface area contributed by atoms with E-state index in [1.54, 1.807) is 13.8 Å². The standard InChI is InChI=1S/C10H21N3O3S/c1-4-13(5-2)17(15,16)12(3)8-10(14)11-9-6-7-9/h9H,4-8H2,1-3H3,(H,11,14). The highest BCUT2D eigenvalue weighted by Crippen LogP contribution is 2.18. The van der Waals surface area contributed by atoms with Crippen molar-refractivity contribution in [3.05, 3.63) is 0 Å². The van der Waals surface area contributed by atoms with E-state index in [1.807, 2.05) is 0 Å². The van der Waals surface area contributed by atoms with Gasteiger partial charge in [-0.15, -0.1) is 0 Å². The highest BCUT2D eigenvalue weighted by molar-refractivity contribution is 7.86. The number of nitrogens with zero attached hydrogens (tertiary/aromatic N) is 2. The fraction of sp³-hybridized carbons (Fsp3) is 0.900. The molecule has 0 unspecified atom stereocenters. The second-order valence-corrected chi connectivity index (χ2v) is 6.23. The summed E-state index contributed by atoms with van der Waals surface area (Å²) in [4.78, 5) is 11.5. The van der Waals surface area contributed by atoms with Crippen LogP contribution in [-0.2, 0) is 15.0 Å². The summed E-state index contributed by atoms with van der Waals surface area (Å²) in [6.45, 7) is 4.26. The first-order valence-electron chi connectivity index (χ1n) is 5.92. The molecule has 1 saturated carbocycles. The van der Waals surface area contributed by atoms with Crippen LogP contribution in [0.2, 0.25) is 0 Å². The van der Waals surface area contributed by atoms with Gasteiger partial charge in [-0.3, -0.25) is 4.79 Å². The zero-order valence-electron chi connectivity index (χ0n) is 10.6. The molecule has 0 aromatic carbocycles. The zero-order valence-corrected chi connectivity index (χ0v) is 11.5. The Morgan fingerprint density at radius 1 is 1.29 bits per heavy atom. The first-order valence-corrected chi connectivity index (χ1v) is 7.32. The van der Waals surface area contributed by atoms with Crippen LogP contribution in [-0.4, -0.2) is 55.7 Å². The third-order valence-electron chi connectivity index (χ3n) is 2.73. The molecule has 0 atom stereocenters. The Morgan fingerprint density at radius 3 is 2.24 bits per heavy atom. The van der Waals surface area contributed by atoms with Gasteiger partial charge in [0, 0.05) is 26.2 Å². The SMILES string of the molecule is CCN(CC)S(=O)(=O)N(C)CC(=O)NC1CC1. The molecule has 100 valence electrons. The topological polar surface area (TPSA) is 69.7 Å². The molecular weight excluding hydrogens is 242 g/mol. The lowest BCUT2D eigenvalue weighted by Gasteiger charge is -2.25. The Hall–Kier alpha value is -0.660. The molecule has 1 aliphatic carbocycles. The number of rotatable bonds is 7. The molecular formula is C10H21N3O3S. The Morgan fingerprint density at radius 2 is 1.82 bits per heavy atom. The van der Waals surface area contributed by atoms with Gasteiger partial charge in [0.1, 0.15) is 0 Å². The summed E-state index contributed by atoms with van der Waals surface area (Å²) in [5.41, 5.74) is 0. The quantitative estimate of drug-likeness (QED) is 0.690. The number of hydrogen-bond acceptors (Lipinski definition) is 3. The van der Waals surface area contributed by atoms with E-state index in [0.717, 1.165) is 17.1 Å². The van der Waals surface area contributed by atoms with Crippen molar-refractivity contribution >= 4 is 16.1 Å². The number of carbonyl (C=O) groups excluding carboxylic acids is 1. The van der Waals surface area contributed by atoms with E-state index < -0.39 is 10.2 Å². The van der Waals surface area contributed by atoms with E-state index in [1.165, 1.54) is 11.4 Å². The van der Waals surface area contributed by atoms with Crippen molar-refractivity contribution < 1.29 is 13.2 Å². The van der Waals surface area contributed by atoms with E-state index in [9.17, 15) is 13.2 Å². The van der Waals surface area contributed by atoms with Gasteiger partial charge >= 0.3 is 0 Å². The molecule has 6 nitrogen and oxygen atoms in total. The average Bonchev–Trinajstić information content (AvgIpc) is 3.02. The molecule has 0 bridgehead atoms. The van der Waals surface area contributed by atoms with E-state index in [-0.39, 0.29) is 18.5 Å². The van der Waals surface area contributed by atoms with Crippen LogP contribution in [0, 0.1) is 0 Å². The summed E-state index contributed by atoms with van der Waals surface area (Å²) in [7, 11) is -2.08. The lowest BCUT2D eigenvalue weighted by Crippen LogP contribution is -2.46. The summed E-state index contributed by atoms with van der Waals surface area (Å²) >= 11 is 0. The van der Waals surface area contributed by atoms with Crippen molar-refractivity contribution in [3.63, 3.8) is 0 Å². The summed E-state index contributed by atoms with van der Waals surface area (Å²) in [6.07, 6.45) is 2.00. The maximum absolute atomic E-state index is 12.0. The van der Waals surface area contributed by atoms with Crippen LogP contribution in [0.15, 0.2) is 0 Å². The highest BCUT2D eigenvalue weighted by Gasteiger charge is 2.28. The van der Waals surface area contributed by atoms with Crippen molar-refractivity contribution in [2.45, 2.75) is 32.7 Å². The van der Waals surface area contributed by atoms with E-state index in [2.05, 4.69) is 5.32 Å². The molecule has 0 radical (unpaired) electrons.